The summed E-state index contributed by atoms with van der Waals surface area (Å²) in [7, 11) is 0. The van der Waals surface area contributed by atoms with Crippen molar-refractivity contribution in [1.82, 2.24) is 15.5 Å². The minimum atomic E-state index is -1.21. The number of carbonyl (C=O) groups excluding carboxylic acids is 5. The Labute approximate surface area is 284 Å². The van der Waals surface area contributed by atoms with Crippen molar-refractivity contribution in [3.63, 3.8) is 0 Å². The average molecular weight is 665 g/mol. The third kappa shape index (κ3) is 11.1. The summed E-state index contributed by atoms with van der Waals surface area (Å²) < 4.78 is 11.2. The number of nitrogens with zero attached hydrogens (tertiary/aromatic N) is 1. The smallest absolute Gasteiger partial charge is 0.408 e. The van der Waals surface area contributed by atoms with E-state index in [0.717, 1.165) is 23.1 Å². The van der Waals surface area contributed by atoms with Gasteiger partial charge in [-0.1, -0.05) is 48.5 Å². The molecule has 0 heterocycles. The van der Waals surface area contributed by atoms with Gasteiger partial charge >= 0.3 is 12.1 Å². The number of nitrogens with one attached hydrogen (secondary N) is 2. The number of rotatable bonds is 13. The molecule has 3 unspecified atom stereocenters. The van der Waals surface area contributed by atoms with Crippen LogP contribution in [0.2, 0.25) is 0 Å². The number of carbonyl (C=O) groups is 5. The van der Waals surface area contributed by atoms with Crippen LogP contribution in [0.25, 0.3) is 0 Å². The highest BCUT2D eigenvalue weighted by atomic mass is 16.6. The molecule has 0 spiro atoms. The Morgan fingerprint density at radius 1 is 0.854 bits per heavy atom. The van der Waals surface area contributed by atoms with Gasteiger partial charge in [-0.15, -0.1) is 0 Å². The quantitative estimate of drug-likeness (QED) is 0.256. The first-order valence-electron chi connectivity index (χ1n) is 16.6. The number of hydrogen-bond acceptors (Lipinski definition) is 7. The molecule has 1 fully saturated rings. The third-order valence-corrected chi connectivity index (χ3v) is 8.15. The predicted molar refractivity (Wildman–Crippen MR) is 183 cm³/mol. The Hall–Kier alpha value is -4.41. The van der Waals surface area contributed by atoms with Crippen LogP contribution in [0.3, 0.4) is 0 Å². The first-order chi connectivity index (χ1) is 22.4. The van der Waals surface area contributed by atoms with Crippen molar-refractivity contribution in [2.45, 2.75) is 129 Å². The van der Waals surface area contributed by atoms with Crippen LogP contribution in [0.15, 0.2) is 48.5 Å². The van der Waals surface area contributed by atoms with Gasteiger partial charge in [-0.25, -0.2) is 9.59 Å². The lowest BCUT2D eigenvalue weighted by atomic mass is 9.86. The van der Waals surface area contributed by atoms with Gasteiger partial charge in [0.2, 0.25) is 17.7 Å². The number of hydrogen-bond donors (Lipinski definition) is 3. The molecule has 4 amide bonds. The van der Waals surface area contributed by atoms with Gasteiger partial charge in [0.25, 0.3) is 0 Å². The van der Waals surface area contributed by atoms with Gasteiger partial charge in [-0.2, -0.15) is 0 Å². The number of amides is 4. The van der Waals surface area contributed by atoms with E-state index in [0.29, 0.717) is 18.4 Å². The summed E-state index contributed by atoms with van der Waals surface area (Å²) in [6.45, 7) is 14.2. The Morgan fingerprint density at radius 2 is 1.48 bits per heavy atom. The SMILES string of the molecule is Cc1cccc(C(C(=O)NC(Cc2ccccc2)C(=O)OC(C)(C)C)N(C(=O)C(CCC(N)=O)NC(=O)OC(C)(C)C)C2CCC2)c1C. The minimum Gasteiger partial charge on any atom is -0.458 e. The van der Waals surface area contributed by atoms with Crippen LogP contribution in [0, 0.1) is 13.8 Å². The van der Waals surface area contributed by atoms with E-state index in [1.165, 1.54) is 4.90 Å². The zero-order chi connectivity index (χ0) is 35.8. The fourth-order valence-corrected chi connectivity index (χ4v) is 5.51. The lowest BCUT2D eigenvalue weighted by Gasteiger charge is -2.44. The third-order valence-electron chi connectivity index (χ3n) is 8.15. The molecule has 0 bridgehead atoms. The van der Waals surface area contributed by atoms with Crippen LogP contribution in [-0.4, -0.2) is 64.0 Å². The monoisotopic (exact) mass is 664 g/mol. The lowest BCUT2D eigenvalue weighted by molar-refractivity contribution is -0.159. The molecule has 3 rings (SSSR count). The molecule has 262 valence electrons. The summed E-state index contributed by atoms with van der Waals surface area (Å²) in [6, 6.07) is 11.1. The minimum absolute atomic E-state index is 0.0910. The van der Waals surface area contributed by atoms with Crippen LogP contribution in [0.4, 0.5) is 4.79 Å². The summed E-state index contributed by atoms with van der Waals surface area (Å²) >= 11 is 0. The van der Waals surface area contributed by atoms with Crippen molar-refractivity contribution >= 4 is 29.8 Å². The Morgan fingerprint density at radius 3 is 2.02 bits per heavy atom. The van der Waals surface area contributed by atoms with E-state index in [2.05, 4.69) is 10.6 Å². The highest BCUT2D eigenvalue weighted by Crippen LogP contribution is 2.36. The number of nitrogens with two attached hydrogens (primary N) is 1. The molecular weight excluding hydrogens is 612 g/mol. The fourth-order valence-electron chi connectivity index (χ4n) is 5.51. The maximum atomic E-state index is 14.7. The summed E-state index contributed by atoms with van der Waals surface area (Å²) in [4.78, 5) is 69.1. The maximum absolute atomic E-state index is 14.7. The molecule has 2 aromatic rings. The molecule has 1 saturated carbocycles. The molecule has 11 heteroatoms. The van der Waals surface area contributed by atoms with Crippen LogP contribution in [0.5, 0.6) is 0 Å². The predicted octanol–water partition coefficient (Wildman–Crippen LogP) is 4.95. The van der Waals surface area contributed by atoms with Crippen molar-refractivity contribution in [2.75, 3.05) is 0 Å². The molecule has 48 heavy (non-hydrogen) atoms. The van der Waals surface area contributed by atoms with Gasteiger partial charge in [0.15, 0.2) is 0 Å². The second kappa shape index (κ2) is 16.1. The zero-order valence-electron chi connectivity index (χ0n) is 29.6. The molecule has 0 aromatic heterocycles. The van der Waals surface area contributed by atoms with Crippen molar-refractivity contribution in [2.24, 2.45) is 5.73 Å². The summed E-state index contributed by atoms with van der Waals surface area (Å²) in [6.07, 6.45) is 1.17. The van der Waals surface area contributed by atoms with E-state index in [1.807, 2.05) is 56.3 Å². The average Bonchev–Trinajstić information content (AvgIpc) is 2.94. The van der Waals surface area contributed by atoms with Gasteiger partial charge in [-0.05, 0) is 103 Å². The molecule has 0 radical (unpaired) electrons. The van der Waals surface area contributed by atoms with Crippen molar-refractivity contribution in [3.05, 3.63) is 70.8 Å². The zero-order valence-corrected chi connectivity index (χ0v) is 29.6. The number of esters is 1. The molecule has 11 nitrogen and oxygen atoms in total. The maximum Gasteiger partial charge on any atom is 0.408 e. The molecule has 4 N–H and O–H groups in total. The number of aryl methyl sites for hydroxylation is 1. The van der Waals surface area contributed by atoms with Crippen LogP contribution in [0.1, 0.15) is 102 Å². The van der Waals surface area contributed by atoms with Crippen LogP contribution >= 0.6 is 0 Å². The van der Waals surface area contributed by atoms with Gasteiger partial charge in [0.05, 0.1) is 0 Å². The van der Waals surface area contributed by atoms with Crippen molar-refractivity contribution in [3.8, 4) is 0 Å². The first kappa shape index (κ1) is 38.0. The van der Waals surface area contributed by atoms with E-state index in [9.17, 15) is 24.0 Å². The summed E-state index contributed by atoms with van der Waals surface area (Å²) in [5.74, 6) is -2.36. The number of alkyl carbamates (subject to hydrolysis) is 1. The number of benzene rings is 2. The largest absolute Gasteiger partial charge is 0.458 e. The summed E-state index contributed by atoms with van der Waals surface area (Å²) in [5.41, 5.74) is 6.93. The second-order valence-corrected chi connectivity index (χ2v) is 14.5. The summed E-state index contributed by atoms with van der Waals surface area (Å²) in [5, 5.41) is 5.57. The first-order valence-corrected chi connectivity index (χ1v) is 16.6. The Bertz CT molecular complexity index is 1460. The van der Waals surface area contributed by atoms with Crippen molar-refractivity contribution < 1.29 is 33.4 Å². The van der Waals surface area contributed by atoms with E-state index in [4.69, 9.17) is 15.2 Å². The van der Waals surface area contributed by atoms with Crippen LogP contribution < -0.4 is 16.4 Å². The van der Waals surface area contributed by atoms with Gasteiger partial charge < -0.3 is 30.7 Å². The van der Waals surface area contributed by atoms with Crippen LogP contribution in [-0.2, 0) is 35.1 Å². The van der Waals surface area contributed by atoms with Gasteiger partial charge in [-0.3, -0.25) is 14.4 Å². The van der Waals surface area contributed by atoms with E-state index in [1.54, 1.807) is 47.6 Å². The topological polar surface area (TPSA) is 157 Å². The molecule has 0 saturated heterocycles. The van der Waals surface area contributed by atoms with Gasteiger partial charge in [0.1, 0.15) is 29.3 Å². The Kier molecular flexibility index (Phi) is 12.8. The van der Waals surface area contributed by atoms with Crippen molar-refractivity contribution in [1.29, 1.82) is 0 Å². The molecule has 0 aliphatic heterocycles. The number of ether oxygens (including phenoxy) is 2. The lowest BCUT2D eigenvalue weighted by Crippen LogP contribution is -2.59. The molecule has 1 aliphatic carbocycles. The highest BCUT2D eigenvalue weighted by Gasteiger charge is 2.43. The van der Waals surface area contributed by atoms with E-state index in [-0.39, 0.29) is 25.3 Å². The van der Waals surface area contributed by atoms with Gasteiger partial charge in [0, 0.05) is 18.9 Å². The fraction of sp³-hybridized carbons (Fsp3) is 0.541. The molecule has 1 aliphatic rings. The second-order valence-electron chi connectivity index (χ2n) is 14.5. The molecular formula is C37H52N4O7. The van der Waals surface area contributed by atoms with E-state index < -0.39 is 59.1 Å². The number of primary amides is 1. The van der Waals surface area contributed by atoms with E-state index >= 15 is 0 Å². The highest BCUT2D eigenvalue weighted by molar-refractivity contribution is 5.94. The molecule has 3 atom stereocenters. The Balaban J connectivity index is 2.11. The normalized spacial score (nSPS) is 15.2. The molecule has 2 aromatic carbocycles. The standard InChI is InChI=1S/C37H52N4O7/c1-23-14-12-19-27(24(23)2)31(32(43)39-29(34(45)47-36(3,4)5)22-25-15-10-9-11-16-25)41(26-17-13-18-26)33(44)28(20-21-30(38)42)40-35(46)48-37(6,7)8/h9-12,14-16,19,26,28-29,31H,13,17-18,20-22H2,1-8H3,(H2,38,42)(H,39,43)(H,40,46).